The number of hydrogen-bond acceptors (Lipinski definition) is 3. The van der Waals surface area contributed by atoms with Gasteiger partial charge in [0.2, 0.25) is 11.2 Å². The van der Waals surface area contributed by atoms with E-state index in [-0.39, 0.29) is 17.8 Å². The monoisotopic (exact) mass is 424 g/mol. The molecule has 0 bridgehead atoms. The average molecular weight is 425 g/mol. The van der Waals surface area contributed by atoms with Crippen LogP contribution >= 0.6 is 23.2 Å². The molecule has 0 aliphatic rings. The predicted molar refractivity (Wildman–Crippen MR) is 118 cm³/mol. The zero-order chi connectivity index (χ0) is 20.5. The molecule has 4 aromatic rings. The van der Waals surface area contributed by atoms with Gasteiger partial charge in [-0.3, -0.25) is 4.79 Å². The van der Waals surface area contributed by atoms with Crippen LogP contribution in [0.2, 0.25) is 10.0 Å². The third kappa shape index (κ3) is 3.89. The SMILES string of the molecule is Cc1ccc(COc2c(-c3ccccc3Cl)oc3cc(C)c(Cl)cc3c2=O)cc1. The summed E-state index contributed by atoms with van der Waals surface area (Å²) in [7, 11) is 0. The quantitative estimate of drug-likeness (QED) is 0.355. The first-order valence-electron chi connectivity index (χ1n) is 9.14. The van der Waals surface area contributed by atoms with Gasteiger partial charge in [-0.15, -0.1) is 0 Å². The molecule has 3 aromatic carbocycles. The topological polar surface area (TPSA) is 39.4 Å². The number of aryl methyl sites for hydroxylation is 2. The van der Waals surface area contributed by atoms with Crippen molar-refractivity contribution in [2.24, 2.45) is 0 Å². The lowest BCUT2D eigenvalue weighted by Gasteiger charge is -2.13. The van der Waals surface area contributed by atoms with Gasteiger partial charge in [0.25, 0.3) is 0 Å². The van der Waals surface area contributed by atoms with Crippen molar-refractivity contribution in [3.8, 4) is 17.1 Å². The van der Waals surface area contributed by atoms with E-state index in [1.54, 1.807) is 24.3 Å². The van der Waals surface area contributed by atoms with Gasteiger partial charge < -0.3 is 9.15 Å². The van der Waals surface area contributed by atoms with Gasteiger partial charge >= 0.3 is 0 Å². The van der Waals surface area contributed by atoms with Crippen molar-refractivity contribution in [3.05, 3.63) is 97.6 Å². The Balaban J connectivity index is 1.89. The van der Waals surface area contributed by atoms with Crippen LogP contribution in [0.1, 0.15) is 16.7 Å². The van der Waals surface area contributed by atoms with Crippen LogP contribution in [0.3, 0.4) is 0 Å². The first-order valence-corrected chi connectivity index (χ1v) is 9.90. The van der Waals surface area contributed by atoms with E-state index in [1.807, 2.05) is 50.2 Å². The van der Waals surface area contributed by atoms with Gasteiger partial charge in [0, 0.05) is 10.6 Å². The zero-order valence-electron chi connectivity index (χ0n) is 16.0. The minimum Gasteiger partial charge on any atom is -0.481 e. The van der Waals surface area contributed by atoms with Gasteiger partial charge in [-0.05, 0) is 49.2 Å². The van der Waals surface area contributed by atoms with E-state index in [4.69, 9.17) is 32.4 Å². The Bertz CT molecular complexity index is 1260. The maximum absolute atomic E-state index is 13.3. The lowest BCUT2D eigenvalue weighted by molar-refractivity contribution is 0.298. The van der Waals surface area contributed by atoms with Crippen LogP contribution in [0.15, 0.2) is 69.9 Å². The molecule has 5 heteroatoms. The van der Waals surface area contributed by atoms with Crippen molar-refractivity contribution in [1.82, 2.24) is 0 Å². The summed E-state index contributed by atoms with van der Waals surface area (Å²) in [5.74, 6) is 0.424. The van der Waals surface area contributed by atoms with Crippen LogP contribution in [0.25, 0.3) is 22.3 Å². The fourth-order valence-corrected chi connectivity index (χ4v) is 3.48. The van der Waals surface area contributed by atoms with E-state index in [2.05, 4.69) is 0 Å². The normalized spacial score (nSPS) is 11.0. The highest BCUT2D eigenvalue weighted by atomic mass is 35.5. The zero-order valence-corrected chi connectivity index (χ0v) is 17.5. The van der Waals surface area contributed by atoms with Gasteiger partial charge in [0.1, 0.15) is 12.2 Å². The van der Waals surface area contributed by atoms with Gasteiger partial charge in [0.05, 0.1) is 10.4 Å². The Hall–Kier alpha value is -2.75. The number of benzene rings is 3. The molecule has 0 atom stereocenters. The minimum absolute atomic E-state index is 0.117. The summed E-state index contributed by atoms with van der Waals surface area (Å²) >= 11 is 12.6. The first kappa shape index (κ1) is 19.6. The number of halogens is 2. The summed E-state index contributed by atoms with van der Waals surface area (Å²) < 4.78 is 12.1. The van der Waals surface area contributed by atoms with Crippen LogP contribution in [-0.4, -0.2) is 0 Å². The molecule has 29 heavy (non-hydrogen) atoms. The number of hydrogen-bond donors (Lipinski definition) is 0. The average Bonchev–Trinajstić information content (AvgIpc) is 2.70. The standard InChI is InChI=1S/C24H18Cl2O3/c1-14-7-9-16(10-8-14)13-28-24-22(27)18-12-20(26)15(2)11-21(18)29-23(24)17-5-3-4-6-19(17)25/h3-12H,13H2,1-2H3. The molecule has 0 aliphatic carbocycles. The van der Waals surface area contributed by atoms with Crippen LogP contribution < -0.4 is 10.2 Å². The summed E-state index contributed by atoms with van der Waals surface area (Å²) in [6.45, 7) is 4.11. The van der Waals surface area contributed by atoms with E-state index in [0.717, 1.165) is 16.7 Å². The third-order valence-corrected chi connectivity index (χ3v) is 5.49. The lowest BCUT2D eigenvalue weighted by Crippen LogP contribution is -2.10. The molecule has 0 spiro atoms. The minimum atomic E-state index is -0.282. The second-order valence-electron chi connectivity index (χ2n) is 6.94. The van der Waals surface area contributed by atoms with Crippen molar-refractivity contribution in [2.75, 3.05) is 0 Å². The molecule has 1 aromatic heterocycles. The molecule has 0 unspecified atom stereocenters. The molecule has 146 valence electrons. The van der Waals surface area contributed by atoms with E-state index in [0.29, 0.717) is 32.3 Å². The molecule has 0 saturated carbocycles. The number of ether oxygens (including phenoxy) is 1. The fourth-order valence-electron chi connectivity index (χ4n) is 3.09. The Morgan fingerprint density at radius 2 is 1.66 bits per heavy atom. The molecule has 0 saturated heterocycles. The van der Waals surface area contributed by atoms with Crippen LogP contribution in [0.4, 0.5) is 0 Å². The summed E-state index contributed by atoms with van der Waals surface area (Å²) in [6, 6.07) is 18.5. The molecule has 1 heterocycles. The molecular formula is C24H18Cl2O3. The Labute approximate surface area is 178 Å². The van der Waals surface area contributed by atoms with Gasteiger partial charge in [0.15, 0.2) is 5.76 Å². The van der Waals surface area contributed by atoms with E-state index in [9.17, 15) is 4.79 Å². The maximum atomic E-state index is 13.3. The largest absolute Gasteiger partial charge is 0.481 e. The highest BCUT2D eigenvalue weighted by Crippen LogP contribution is 2.36. The van der Waals surface area contributed by atoms with E-state index in [1.165, 1.54) is 0 Å². The van der Waals surface area contributed by atoms with Crippen LogP contribution in [0.5, 0.6) is 5.75 Å². The Morgan fingerprint density at radius 3 is 2.38 bits per heavy atom. The van der Waals surface area contributed by atoms with Crippen LogP contribution in [-0.2, 0) is 6.61 Å². The molecule has 3 nitrogen and oxygen atoms in total. The Morgan fingerprint density at radius 1 is 0.931 bits per heavy atom. The van der Waals surface area contributed by atoms with Gasteiger partial charge in [-0.25, -0.2) is 0 Å². The van der Waals surface area contributed by atoms with Gasteiger partial charge in [-0.2, -0.15) is 0 Å². The fraction of sp³-hybridized carbons (Fsp3) is 0.125. The van der Waals surface area contributed by atoms with Crippen molar-refractivity contribution in [3.63, 3.8) is 0 Å². The summed E-state index contributed by atoms with van der Waals surface area (Å²) in [4.78, 5) is 13.3. The Kier molecular flexibility index (Phi) is 5.35. The van der Waals surface area contributed by atoms with Crippen molar-refractivity contribution in [1.29, 1.82) is 0 Å². The molecule has 0 amide bonds. The predicted octanol–water partition coefficient (Wildman–Crippen LogP) is 6.96. The smallest absolute Gasteiger partial charge is 0.235 e. The lowest BCUT2D eigenvalue weighted by atomic mass is 10.1. The highest BCUT2D eigenvalue weighted by molar-refractivity contribution is 6.33. The van der Waals surface area contributed by atoms with Crippen molar-refractivity contribution in [2.45, 2.75) is 20.5 Å². The highest BCUT2D eigenvalue weighted by Gasteiger charge is 2.20. The van der Waals surface area contributed by atoms with Crippen molar-refractivity contribution < 1.29 is 9.15 Å². The van der Waals surface area contributed by atoms with Gasteiger partial charge in [-0.1, -0.05) is 65.2 Å². The molecule has 0 fully saturated rings. The molecule has 0 aliphatic heterocycles. The molecular weight excluding hydrogens is 407 g/mol. The first-order chi connectivity index (χ1) is 13.9. The van der Waals surface area contributed by atoms with Crippen molar-refractivity contribution >= 4 is 34.2 Å². The molecule has 0 N–H and O–H groups in total. The molecule has 0 radical (unpaired) electrons. The molecule has 4 rings (SSSR count). The number of fused-ring (bicyclic) bond motifs is 1. The third-order valence-electron chi connectivity index (χ3n) is 4.75. The van der Waals surface area contributed by atoms with Crippen LogP contribution in [0, 0.1) is 13.8 Å². The number of rotatable bonds is 4. The summed E-state index contributed by atoms with van der Waals surface area (Å²) in [5, 5.41) is 1.34. The second kappa shape index (κ2) is 7.94. The van der Waals surface area contributed by atoms with E-state index < -0.39 is 0 Å². The van der Waals surface area contributed by atoms with E-state index >= 15 is 0 Å². The summed E-state index contributed by atoms with van der Waals surface area (Å²) in [5.41, 5.74) is 3.67. The summed E-state index contributed by atoms with van der Waals surface area (Å²) in [6.07, 6.45) is 0. The maximum Gasteiger partial charge on any atom is 0.235 e. The second-order valence-corrected chi connectivity index (χ2v) is 7.76.